The lowest BCUT2D eigenvalue weighted by molar-refractivity contribution is -0.132. The quantitative estimate of drug-likeness (QED) is 0.837. The third kappa shape index (κ3) is 3.97. The van der Waals surface area contributed by atoms with E-state index in [4.69, 9.17) is 11.6 Å². The maximum atomic E-state index is 12.3. The van der Waals surface area contributed by atoms with Crippen LogP contribution in [0.2, 0.25) is 4.34 Å². The normalized spacial score (nSPS) is 17.4. The zero-order valence-electron chi connectivity index (χ0n) is 12.1. The highest BCUT2D eigenvalue weighted by molar-refractivity contribution is 7.91. The van der Waals surface area contributed by atoms with Crippen molar-refractivity contribution in [3.05, 3.63) is 16.5 Å². The summed E-state index contributed by atoms with van der Waals surface area (Å²) in [7, 11) is -2.22. The number of likely N-dealkylation sites (tertiary alicyclic amines) is 1. The van der Waals surface area contributed by atoms with E-state index in [2.05, 4.69) is 6.92 Å². The number of rotatable bonds is 4. The highest BCUT2D eigenvalue weighted by Gasteiger charge is 2.27. The molecular weight excluding hydrogens is 332 g/mol. The van der Waals surface area contributed by atoms with Crippen LogP contribution in [-0.2, 0) is 14.8 Å². The fourth-order valence-electron chi connectivity index (χ4n) is 2.22. The van der Waals surface area contributed by atoms with Gasteiger partial charge in [-0.05, 0) is 30.9 Å². The van der Waals surface area contributed by atoms with Crippen LogP contribution in [0.5, 0.6) is 0 Å². The summed E-state index contributed by atoms with van der Waals surface area (Å²) in [6, 6.07) is 3.01. The van der Waals surface area contributed by atoms with Gasteiger partial charge >= 0.3 is 0 Å². The molecule has 1 aliphatic rings. The zero-order chi connectivity index (χ0) is 15.6. The second-order valence-corrected chi connectivity index (χ2v) is 9.37. The number of amides is 1. The van der Waals surface area contributed by atoms with E-state index in [0.717, 1.165) is 28.5 Å². The highest BCUT2D eigenvalue weighted by Crippen LogP contribution is 2.27. The highest BCUT2D eigenvalue weighted by atomic mass is 35.5. The zero-order valence-corrected chi connectivity index (χ0v) is 14.5. The topological polar surface area (TPSA) is 57.7 Å². The predicted octanol–water partition coefficient (Wildman–Crippen LogP) is 2.28. The van der Waals surface area contributed by atoms with E-state index < -0.39 is 10.0 Å². The van der Waals surface area contributed by atoms with Crippen molar-refractivity contribution in [3.8, 4) is 0 Å². The summed E-state index contributed by atoms with van der Waals surface area (Å²) in [6.07, 6.45) is 1.95. The molecule has 0 aliphatic carbocycles. The number of carbonyl (C=O) groups is 1. The molecule has 8 heteroatoms. The maximum absolute atomic E-state index is 12.3. The Morgan fingerprint density at radius 3 is 2.57 bits per heavy atom. The molecule has 1 aromatic rings. The molecule has 0 aromatic carbocycles. The molecule has 0 bridgehead atoms. The first kappa shape index (κ1) is 16.7. The molecule has 118 valence electrons. The molecular formula is C13H19ClN2O3S2. The monoisotopic (exact) mass is 350 g/mol. The Labute approximate surface area is 134 Å². The lowest BCUT2D eigenvalue weighted by atomic mass is 9.99. The Kier molecular flexibility index (Phi) is 5.29. The fraction of sp³-hybridized carbons (Fsp3) is 0.615. The van der Waals surface area contributed by atoms with E-state index in [0.29, 0.717) is 23.3 Å². The summed E-state index contributed by atoms with van der Waals surface area (Å²) in [4.78, 5) is 13.9. The van der Waals surface area contributed by atoms with Gasteiger partial charge in [-0.2, -0.15) is 4.31 Å². The molecule has 1 amide bonds. The van der Waals surface area contributed by atoms with E-state index in [1.165, 1.54) is 13.1 Å². The fourth-order valence-corrected chi connectivity index (χ4v) is 5.04. The van der Waals surface area contributed by atoms with Crippen molar-refractivity contribution in [3.63, 3.8) is 0 Å². The molecule has 0 unspecified atom stereocenters. The van der Waals surface area contributed by atoms with Gasteiger partial charge < -0.3 is 4.90 Å². The Bertz CT molecular complexity index is 607. The Morgan fingerprint density at radius 1 is 1.43 bits per heavy atom. The molecule has 0 N–H and O–H groups in total. The van der Waals surface area contributed by atoms with E-state index in [1.807, 2.05) is 0 Å². The SMILES string of the molecule is CC1CCN(C(=O)CN(C)S(=O)(=O)c2ccc(Cl)s2)CC1. The standard InChI is InChI=1S/C13H19ClN2O3S2/c1-10-5-7-16(8-6-10)12(17)9-15(2)21(18,19)13-4-3-11(14)20-13/h3-4,10H,5-9H2,1-2H3. The number of halogens is 1. The van der Waals surface area contributed by atoms with Crippen LogP contribution in [-0.4, -0.2) is 50.2 Å². The minimum atomic E-state index is -3.64. The van der Waals surface area contributed by atoms with Gasteiger partial charge in [-0.1, -0.05) is 18.5 Å². The van der Waals surface area contributed by atoms with Gasteiger partial charge in [-0.25, -0.2) is 8.42 Å². The predicted molar refractivity (Wildman–Crippen MR) is 84.1 cm³/mol. The van der Waals surface area contributed by atoms with Crippen LogP contribution in [0.15, 0.2) is 16.3 Å². The second-order valence-electron chi connectivity index (χ2n) is 5.38. The van der Waals surface area contributed by atoms with Crippen molar-refractivity contribution in [2.24, 2.45) is 5.92 Å². The van der Waals surface area contributed by atoms with Gasteiger partial charge in [0.05, 0.1) is 10.9 Å². The lowest BCUT2D eigenvalue weighted by Crippen LogP contribution is -2.44. The Morgan fingerprint density at radius 2 is 2.05 bits per heavy atom. The van der Waals surface area contributed by atoms with Crippen LogP contribution in [0.3, 0.4) is 0 Å². The number of sulfonamides is 1. The summed E-state index contributed by atoms with van der Waals surface area (Å²) in [5.74, 6) is 0.486. The molecule has 1 aliphatic heterocycles. The maximum Gasteiger partial charge on any atom is 0.252 e. The first-order valence-electron chi connectivity index (χ1n) is 6.80. The van der Waals surface area contributed by atoms with Crippen molar-refractivity contribution in [1.29, 1.82) is 0 Å². The van der Waals surface area contributed by atoms with Gasteiger partial charge in [0.2, 0.25) is 5.91 Å². The minimum Gasteiger partial charge on any atom is -0.342 e. The Balaban J connectivity index is 2.00. The molecule has 1 saturated heterocycles. The number of carbonyl (C=O) groups excluding carboxylic acids is 1. The van der Waals surface area contributed by atoms with Crippen molar-refractivity contribution < 1.29 is 13.2 Å². The largest absolute Gasteiger partial charge is 0.342 e. The summed E-state index contributed by atoms with van der Waals surface area (Å²) in [6.45, 7) is 3.45. The number of nitrogens with zero attached hydrogens (tertiary/aromatic N) is 2. The van der Waals surface area contributed by atoms with Crippen LogP contribution < -0.4 is 0 Å². The molecule has 0 spiro atoms. The van der Waals surface area contributed by atoms with E-state index in [9.17, 15) is 13.2 Å². The van der Waals surface area contributed by atoms with Gasteiger partial charge in [0.1, 0.15) is 4.21 Å². The summed E-state index contributed by atoms with van der Waals surface area (Å²) in [5.41, 5.74) is 0. The minimum absolute atomic E-state index is 0.133. The molecule has 1 aromatic heterocycles. The molecule has 0 radical (unpaired) electrons. The van der Waals surface area contributed by atoms with Crippen molar-refractivity contribution in [2.75, 3.05) is 26.7 Å². The molecule has 5 nitrogen and oxygen atoms in total. The molecule has 0 atom stereocenters. The van der Waals surface area contributed by atoms with Crippen molar-refractivity contribution in [2.45, 2.75) is 24.0 Å². The van der Waals surface area contributed by atoms with Crippen LogP contribution in [0.1, 0.15) is 19.8 Å². The van der Waals surface area contributed by atoms with Crippen LogP contribution in [0, 0.1) is 5.92 Å². The number of hydrogen-bond acceptors (Lipinski definition) is 4. The summed E-state index contributed by atoms with van der Waals surface area (Å²) < 4.78 is 26.3. The van der Waals surface area contributed by atoms with Crippen molar-refractivity contribution >= 4 is 38.9 Å². The molecule has 2 rings (SSSR count). The van der Waals surface area contributed by atoms with E-state index >= 15 is 0 Å². The average Bonchev–Trinajstić information content (AvgIpc) is 2.86. The van der Waals surface area contributed by atoms with Gasteiger partial charge in [0.15, 0.2) is 0 Å². The number of thiophene rings is 1. The van der Waals surface area contributed by atoms with Gasteiger partial charge in [-0.3, -0.25) is 4.79 Å². The van der Waals surface area contributed by atoms with E-state index in [-0.39, 0.29) is 16.7 Å². The van der Waals surface area contributed by atoms with Crippen LogP contribution in [0.4, 0.5) is 0 Å². The first-order chi connectivity index (χ1) is 9.80. The number of hydrogen-bond donors (Lipinski definition) is 0. The Hall–Kier alpha value is -0.630. The number of likely N-dealkylation sites (N-methyl/N-ethyl adjacent to an activating group) is 1. The van der Waals surface area contributed by atoms with Crippen molar-refractivity contribution in [1.82, 2.24) is 9.21 Å². The average molecular weight is 351 g/mol. The summed E-state index contributed by atoms with van der Waals surface area (Å²) >= 11 is 6.77. The van der Waals surface area contributed by atoms with Gasteiger partial charge in [0, 0.05) is 20.1 Å². The summed E-state index contributed by atoms with van der Waals surface area (Å²) in [5, 5.41) is 0. The van der Waals surface area contributed by atoms with Gasteiger partial charge in [-0.15, -0.1) is 11.3 Å². The number of piperidine rings is 1. The first-order valence-corrected chi connectivity index (χ1v) is 9.43. The van der Waals surface area contributed by atoms with Gasteiger partial charge in [0.25, 0.3) is 10.0 Å². The second kappa shape index (κ2) is 6.64. The lowest BCUT2D eigenvalue weighted by Gasteiger charge is -2.31. The third-order valence-corrected chi connectivity index (χ3v) is 7.21. The molecule has 1 fully saturated rings. The van der Waals surface area contributed by atoms with E-state index in [1.54, 1.807) is 11.0 Å². The van der Waals surface area contributed by atoms with Crippen LogP contribution in [0.25, 0.3) is 0 Å². The molecule has 2 heterocycles. The molecule has 0 saturated carbocycles. The smallest absolute Gasteiger partial charge is 0.252 e. The third-order valence-electron chi connectivity index (χ3n) is 3.71. The molecule has 21 heavy (non-hydrogen) atoms. The van der Waals surface area contributed by atoms with Crippen LogP contribution >= 0.6 is 22.9 Å².